The summed E-state index contributed by atoms with van der Waals surface area (Å²) in [6, 6.07) is 3.25. The summed E-state index contributed by atoms with van der Waals surface area (Å²) in [5, 5.41) is 8.91. The predicted octanol–water partition coefficient (Wildman–Crippen LogP) is 2.13. The third-order valence-corrected chi connectivity index (χ3v) is 1.84. The minimum absolute atomic E-state index is 0. The van der Waals surface area contributed by atoms with Crippen molar-refractivity contribution in [1.29, 1.82) is 0 Å². The molecule has 0 bridgehead atoms. The molecule has 3 nitrogen and oxygen atoms in total. The summed E-state index contributed by atoms with van der Waals surface area (Å²) in [4.78, 5) is 0. The maximum Gasteiger partial charge on any atom is 0.193 e. The zero-order chi connectivity index (χ0) is 8.97. The lowest BCUT2D eigenvalue weighted by molar-refractivity contribution is 0.276. The molecule has 0 amide bonds. The number of aliphatic hydroxyl groups excluding tert-OH is 1. The van der Waals surface area contributed by atoms with Crippen LogP contribution in [0.1, 0.15) is 24.6 Å². The Kier molecular flexibility index (Phi) is 6.16. The summed E-state index contributed by atoms with van der Waals surface area (Å²) in [5.74, 6) is 0.674. The molecule has 0 saturated carbocycles. The van der Waals surface area contributed by atoms with Crippen LogP contribution >= 0.6 is 24.0 Å². The first kappa shape index (κ1) is 12.8. The molecule has 76 valence electrons. The lowest BCUT2D eigenvalue weighted by Crippen LogP contribution is -2.09. The molecule has 1 aromatic heterocycles. The van der Waals surface area contributed by atoms with E-state index in [0.717, 1.165) is 0 Å². The van der Waals surface area contributed by atoms with Gasteiger partial charge in [-0.2, -0.15) is 0 Å². The van der Waals surface area contributed by atoms with E-state index in [1.54, 1.807) is 12.1 Å². The highest BCUT2D eigenvalue weighted by Gasteiger charge is 2.09. The number of rotatable bonds is 4. The maximum atomic E-state index is 8.56. The Hall–Kier alpha value is -0.220. The predicted molar refractivity (Wildman–Crippen MR) is 54.2 cm³/mol. The van der Waals surface area contributed by atoms with Crippen molar-refractivity contribution in [3.63, 3.8) is 0 Å². The van der Waals surface area contributed by atoms with Gasteiger partial charge in [0, 0.05) is 6.61 Å². The van der Waals surface area contributed by atoms with E-state index in [0.29, 0.717) is 23.8 Å². The minimum Gasteiger partial charge on any atom is -0.448 e. The second-order valence-corrected chi connectivity index (χ2v) is 2.99. The molecular weight excluding hydrogens is 213 g/mol. The van der Waals surface area contributed by atoms with Crippen molar-refractivity contribution in [1.82, 2.24) is 0 Å². The molecule has 1 atom stereocenters. The number of hydrogen-bond acceptors (Lipinski definition) is 3. The molecule has 0 aliphatic rings. The average molecular weight is 226 g/mol. The minimum atomic E-state index is -0.162. The quantitative estimate of drug-likeness (QED) is 0.826. The van der Waals surface area contributed by atoms with Crippen molar-refractivity contribution in [3.8, 4) is 0 Å². The van der Waals surface area contributed by atoms with E-state index in [9.17, 15) is 0 Å². The van der Waals surface area contributed by atoms with Crippen LogP contribution in [0.15, 0.2) is 16.5 Å². The van der Waals surface area contributed by atoms with Gasteiger partial charge >= 0.3 is 0 Å². The van der Waals surface area contributed by atoms with Crippen LogP contribution in [0.3, 0.4) is 0 Å². The third-order valence-electron chi connectivity index (χ3n) is 1.63. The SMILES string of the molecule is Cl.N[C@@H](CCCO)c1ccc(Cl)o1. The van der Waals surface area contributed by atoms with Crippen molar-refractivity contribution in [2.45, 2.75) is 18.9 Å². The second-order valence-electron chi connectivity index (χ2n) is 2.61. The highest BCUT2D eigenvalue weighted by Crippen LogP contribution is 2.21. The van der Waals surface area contributed by atoms with E-state index < -0.39 is 0 Å². The fourth-order valence-electron chi connectivity index (χ4n) is 0.981. The van der Waals surface area contributed by atoms with E-state index in [2.05, 4.69) is 0 Å². The number of hydrogen-bond donors (Lipinski definition) is 2. The molecule has 1 heterocycles. The van der Waals surface area contributed by atoms with Crippen molar-refractivity contribution < 1.29 is 9.52 Å². The Labute approximate surface area is 88.3 Å². The molecule has 0 saturated heterocycles. The Morgan fingerprint density at radius 3 is 2.69 bits per heavy atom. The molecule has 0 aromatic carbocycles. The van der Waals surface area contributed by atoms with Crippen LogP contribution in [0.2, 0.25) is 5.22 Å². The molecule has 0 unspecified atom stereocenters. The van der Waals surface area contributed by atoms with Gasteiger partial charge in [0.05, 0.1) is 6.04 Å². The van der Waals surface area contributed by atoms with Gasteiger partial charge in [-0.25, -0.2) is 0 Å². The van der Waals surface area contributed by atoms with Crippen LogP contribution in [-0.4, -0.2) is 11.7 Å². The lowest BCUT2D eigenvalue weighted by Gasteiger charge is -2.05. The number of halogens is 2. The van der Waals surface area contributed by atoms with Crippen LogP contribution in [0.25, 0.3) is 0 Å². The van der Waals surface area contributed by atoms with Gasteiger partial charge in [0.2, 0.25) is 0 Å². The van der Waals surface area contributed by atoms with Crippen LogP contribution in [0.5, 0.6) is 0 Å². The van der Waals surface area contributed by atoms with Gasteiger partial charge in [-0.15, -0.1) is 12.4 Å². The first-order valence-electron chi connectivity index (χ1n) is 3.85. The number of furan rings is 1. The molecule has 3 N–H and O–H groups in total. The van der Waals surface area contributed by atoms with E-state index in [1.807, 2.05) is 0 Å². The zero-order valence-corrected chi connectivity index (χ0v) is 8.64. The summed E-state index contributed by atoms with van der Waals surface area (Å²) in [6.45, 7) is 0.155. The molecule has 0 fully saturated rings. The molecule has 5 heteroatoms. The highest BCUT2D eigenvalue weighted by atomic mass is 35.5. The van der Waals surface area contributed by atoms with Crippen molar-refractivity contribution in [2.75, 3.05) is 6.61 Å². The summed E-state index contributed by atoms with van der Waals surface area (Å²) >= 11 is 5.57. The summed E-state index contributed by atoms with van der Waals surface area (Å²) in [5.41, 5.74) is 5.73. The monoisotopic (exact) mass is 225 g/mol. The highest BCUT2D eigenvalue weighted by molar-refractivity contribution is 6.28. The molecular formula is C8H13Cl2NO2. The van der Waals surface area contributed by atoms with Crippen LogP contribution in [-0.2, 0) is 0 Å². The molecule has 13 heavy (non-hydrogen) atoms. The first-order chi connectivity index (χ1) is 5.74. The molecule has 0 spiro atoms. The fraction of sp³-hybridized carbons (Fsp3) is 0.500. The molecule has 1 aromatic rings. The topological polar surface area (TPSA) is 59.4 Å². The van der Waals surface area contributed by atoms with Gasteiger partial charge < -0.3 is 15.3 Å². The van der Waals surface area contributed by atoms with Gasteiger partial charge in [-0.05, 0) is 36.6 Å². The molecule has 0 aliphatic carbocycles. The molecule has 0 radical (unpaired) electrons. The maximum absolute atomic E-state index is 8.56. The normalized spacial score (nSPS) is 12.2. The first-order valence-corrected chi connectivity index (χ1v) is 4.23. The second kappa shape index (κ2) is 6.27. The lowest BCUT2D eigenvalue weighted by atomic mass is 10.1. The molecule has 1 rings (SSSR count). The van der Waals surface area contributed by atoms with E-state index in [-0.39, 0.29) is 25.1 Å². The van der Waals surface area contributed by atoms with E-state index in [4.69, 9.17) is 26.9 Å². The van der Waals surface area contributed by atoms with Gasteiger partial charge in [0.25, 0.3) is 0 Å². The zero-order valence-electron chi connectivity index (χ0n) is 7.07. The van der Waals surface area contributed by atoms with Gasteiger partial charge in [-0.1, -0.05) is 0 Å². The standard InChI is InChI=1S/C8H12ClNO2.ClH/c9-8-4-3-7(12-8)6(10)2-1-5-11;/h3-4,6,11H,1-2,5,10H2;1H/t6-;/m0./s1. The Balaban J connectivity index is 0.00000144. The van der Waals surface area contributed by atoms with E-state index in [1.165, 1.54) is 0 Å². The molecule has 0 aliphatic heterocycles. The average Bonchev–Trinajstić information content (AvgIpc) is 2.47. The van der Waals surface area contributed by atoms with Crippen LogP contribution < -0.4 is 5.73 Å². The Bertz CT molecular complexity index is 240. The summed E-state index contributed by atoms with van der Waals surface area (Å²) < 4.78 is 5.10. The van der Waals surface area contributed by atoms with E-state index >= 15 is 0 Å². The summed E-state index contributed by atoms with van der Waals surface area (Å²) in [7, 11) is 0. The van der Waals surface area contributed by atoms with Crippen molar-refractivity contribution in [3.05, 3.63) is 23.1 Å². The number of nitrogens with two attached hydrogens (primary N) is 1. The van der Waals surface area contributed by atoms with Crippen LogP contribution in [0, 0.1) is 0 Å². The van der Waals surface area contributed by atoms with Crippen molar-refractivity contribution in [2.24, 2.45) is 5.73 Å². The van der Waals surface area contributed by atoms with Gasteiger partial charge in [-0.3, -0.25) is 0 Å². The smallest absolute Gasteiger partial charge is 0.193 e. The number of aliphatic hydroxyl groups is 1. The largest absolute Gasteiger partial charge is 0.448 e. The van der Waals surface area contributed by atoms with Gasteiger partial charge in [0.15, 0.2) is 5.22 Å². The third kappa shape index (κ3) is 4.00. The summed E-state index contributed by atoms with van der Waals surface area (Å²) in [6.07, 6.45) is 1.39. The fourth-order valence-corrected chi connectivity index (χ4v) is 1.13. The van der Waals surface area contributed by atoms with Crippen molar-refractivity contribution >= 4 is 24.0 Å². The Morgan fingerprint density at radius 2 is 2.23 bits per heavy atom. The van der Waals surface area contributed by atoms with Gasteiger partial charge in [0.1, 0.15) is 5.76 Å². The Morgan fingerprint density at radius 1 is 1.54 bits per heavy atom. The van der Waals surface area contributed by atoms with Crippen LogP contribution in [0.4, 0.5) is 0 Å².